The van der Waals surface area contributed by atoms with Gasteiger partial charge >= 0.3 is 0 Å². The van der Waals surface area contributed by atoms with Gasteiger partial charge in [-0.1, -0.05) is 54.6 Å². The zero-order chi connectivity index (χ0) is 22.3. The van der Waals surface area contributed by atoms with Crippen molar-refractivity contribution >= 4 is 28.6 Å². The summed E-state index contributed by atoms with van der Waals surface area (Å²) in [7, 11) is 3.98. The van der Waals surface area contributed by atoms with E-state index in [-0.39, 0.29) is 5.91 Å². The highest BCUT2D eigenvalue weighted by Crippen LogP contribution is 2.21. The summed E-state index contributed by atoms with van der Waals surface area (Å²) < 4.78 is 5.91. The van der Waals surface area contributed by atoms with Crippen molar-refractivity contribution in [1.82, 2.24) is 5.43 Å². The number of carbonyl (C=O) groups excluding carboxylic acids is 1. The smallest absolute Gasteiger partial charge is 0.271 e. The van der Waals surface area contributed by atoms with Gasteiger partial charge in [-0.15, -0.1) is 0 Å². The van der Waals surface area contributed by atoms with Gasteiger partial charge in [-0.2, -0.15) is 5.10 Å². The maximum Gasteiger partial charge on any atom is 0.271 e. The summed E-state index contributed by atoms with van der Waals surface area (Å²) in [5.41, 5.74) is 6.12. The third kappa shape index (κ3) is 5.32. The van der Waals surface area contributed by atoms with Crippen molar-refractivity contribution in [2.75, 3.05) is 19.0 Å². The number of hydrogen-bond donors (Lipinski definition) is 1. The largest absolute Gasteiger partial charge is 0.489 e. The average Bonchev–Trinajstić information content (AvgIpc) is 2.83. The van der Waals surface area contributed by atoms with Crippen molar-refractivity contribution in [2.24, 2.45) is 5.10 Å². The van der Waals surface area contributed by atoms with Crippen LogP contribution in [0, 0.1) is 0 Å². The predicted molar refractivity (Wildman–Crippen MR) is 131 cm³/mol. The highest BCUT2D eigenvalue weighted by atomic mass is 16.5. The Labute approximate surface area is 188 Å². The van der Waals surface area contributed by atoms with Crippen LogP contribution in [0.5, 0.6) is 5.75 Å². The molecule has 0 radical (unpaired) electrons. The summed E-state index contributed by atoms with van der Waals surface area (Å²) >= 11 is 0. The normalized spacial score (nSPS) is 10.9. The highest BCUT2D eigenvalue weighted by Gasteiger charge is 2.05. The molecule has 0 aliphatic rings. The number of hydrazone groups is 1. The Morgan fingerprint density at radius 2 is 1.62 bits per heavy atom. The standard InChI is InChI=1S/C27H25N3O2/c1-30(2)25-14-9-20(10-15-25)18-28-29-27(31)23-11-7-21(8-12-23)19-32-26-16-13-22-5-3-4-6-24(22)17-26/h3-18H,19H2,1-2H3,(H,29,31)/b28-18-. The lowest BCUT2D eigenvalue weighted by Gasteiger charge is -2.11. The maximum absolute atomic E-state index is 12.3. The fourth-order valence-electron chi connectivity index (χ4n) is 3.26. The zero-order valence-electron chi connectivity index (χ0n) is 18.2. The van der Waals surface area contributed by atoms with E-state index in [1.165, 1.54) is 5.39 Å². The molecule has 5 nitrogen and oxygen atoms in total. The minimum atomic E-state index is -0.256. The van der Waals surface area contributed by atoms with Gasteiger partial charge in [0, 0.05) is 25.3 Å². The van der Waals surface area contributed by atoms with Gasteiger partial charge in [0.2, 0.25) is 0 Å². The molecule has 0 aliphatic heterocycles. The van der Waals surface area contributed by atoms with E-state index in [2.05, 4.69) is 28.7 Å². The second-order valence-corrected chi connectivity index (χ2v) is 7.68. The lowest BCUT2D eigenvalue weighted by atomic mass is 10.1. The molecule has 4 rings (SSSR count). The minimum Gasteiger partial charge on any atom is -0.489 e. The summed E-state index contributed by atoms with van der Waals surface area (Å²) in [5.74, 6) is 0.562. The molecule has 4 aromatic carbocycles. The van der Waals surface area contributed by atoms with Crippen molar-refractivity contribution in [1.29, 1.82) is 0 Å². The van der Waals surface area contributed by atoms with Crippen molar-refractivity contribution in [3.8, 4) is 5.75 Å². The molecule has 4 aromatic rings. The first kappa shape index (κ1) is 21.1. The van der Waals surface area contributed by atoms with E-state index < -0.39 is 0 Å². The Bertz CT molecular complexity index is 1230. The Balaban J connectivity index is 1.30. The fourth-order valence-corrected chi connectivity index (χ4v) is 3.26. The van der Waals surface area contributed by atoms with Gasteiger partial charge < -0.3 is 9.64 Å². The van der Waals surface area contributed by atoms with Crippen molar-refractivity contribution < 1.29 is 9.53 Å². The number of benzene rings is 4. The summed E-state index contributed by atoms with van der Waals surface area (Å²) in [6.45, 7) is 0.432. The number of nitrogens with zero attached hydrogens (tertiary/aromatic N) is 2. The number of hydrogen-bond acceptors (Lipinski definition) is 4. The zero-order valence-corrected chi connectivity index (χ0v) is 18.2. The van der Waals surface area contributed by atoms with Crippen LogP contribution in [0.25, 0.3) is 10.8 Å². The number of ether oxygens (including phenoxy) is 1. The molecule has 160 valence electrons. The van der Waals surface area contributed by atoms with Crippen LogP contribution in [0.1, 0.15) is 21.5 Å². The predicted octanol–water partition coefficient (Wildman–Crippen LogP) is 5.25. The molecule has 0 fully saturated rings. The van der Waals surface area contributed by atoms with E-state index in [9.17, 15) is 4.79 Å². The number of fused-ring (bicyclic) bond motifs is 1. The van der Waals surface area contributed by atoms with Crippen LogP contribution in [-0.2, 0) is 6.61 Å². The summed E-state index contributed by atoms with van der Waals surface area (Å²) in [5, 5.41) is 6.38. The molecule has 0 saturated carbocycles. The van der Waals surface area contributed by atoms with E-state index in [0.29, 0.717) is 12.2 Å². The van der Waals surface area contributed by atoms with Crippen LogP contribution in [0.15, 0.2) is 96.1 Å². The lowest BCUT2D eigenvalue weighted by Crippen LogP contribution is -2.17. The SMILES string of the molecule is CN(C)c1ccc(/C=N\NC(=O)c2ccc(COc3ccc4ccccc4c3)cc2)cc1. The minimum absolute atomic E-state index is 0.256. The fraction of sp³-hybridized carbons (Fsp3) is 0.111. The molecule has 5 heteroatoms. The number of carbonyl (C=O) groups is 1. The van der Waals surface area contributed by atoms with Gasteiger partial charge in [0.1, 0.15) is 12.4 Å². The Morgan fingerprint density at radius 3 is 2.34 bits per heavy atom. The third-order valence-electron chi connectivity index (χ3n) is 5.13. The van der Waals surface area contributed by atoms with Crippen molar-refractivity contribution in [3.63, 3.8) is 0 Å². The number of amides is 1. The van der Waals surface area contributed by atoms with Crippen molar-refractivity contribution in [2.45, 2.75) is 6.61 Å². The van der Waals surface area contributed by atoms with Crippen LogP contribution in [0.2, 0.25) is 0 Å². The van der Waals surface area contributed by atoms with Gasteiger partial charge in [-0.05, 0) is 58.3 Å². The number of anilines is 1. The molecule has 1 amide bonds. The molecule has 0 aromatic heterocycles. The first-order valence-electron chi connectivity index (χ1n) is 10.4. The second-order valence-electron chi connectivity index (χ2n) is 7.68. The molecule has 32 heavy (non-hydrogen) atoms. The van der Waals surface area contributed by atoms with Gasteiger partial charge in [0.25, 0.3) is 5.91 Å². The topological polar surface area (TPSA) is 53.9 Å². The number of nitrogens with one attached hydrogen (secondary N) is 1. The van der Waals surface area contributed by atoms with E-state index in [0.717, 1.165) is 28.0 Å². The summed E-state index contributed by atoms with van der Waals surface area (Å²) in [6.07, 6.45) is 1.63. The molecule has 0 unspecified atom stereocenters. The molecule has 0 aliphatic carbocycles. The van der Waals surface area contributed by atoms with Crippen LogP contribution in [0.3, 0.4) is 0 Å². The lowest BCUT2D eigenvalue weighted by molar-refractivity contribution is 0.0955. The van der Waals surface area contributed by atoms with Gasteiger partial charge in [0.05, 0.1) is 6.21 Å². The number of rotatable bonds is 7. The molecular weight excluding hydrogens is 398 g/mol. The van der Waals surface area contributed by atoms with Gasteiger partial charge in [0.15, 0.2) is 0 Å². The van der Waals surface area contributed by atoms with E-state index >= 15 is 0 Å². The second kappa shape index (κ2) is 9.79. The maximum atomic E-state index is 12.3. The third-order valence-corrected chi connectivity index (χ3v) is 5.13. The average molecular weight is 424 g/mol. The van der Waals surface area contributed by atoms with E-state index in [4.69, 9.17) is 4.74 Å². The van der Waals surface area contributed by atoms with Crippen molar-refractivity contribution in [3.05, 3.63) is 108 Å². The van der Waals surface area contributed by atoms with Gasteiger partial charge in [-0.25, -0.2) is 5.43 Å². The Hall–Kier alpha value is -4.12. The van der Waals surface area contributed by atoms with Crippen LogP contribution in [-0.4, -0.2) is 26.2 Å². The quantitative estimate of drug-likeness (QED) is 0.326. The molecule has 0 heterocycles. The molecule has 0 bridgehead atoms. The highest BCUT2D eigenvalue weighted by molar-refractivity contribution is 5.95. The Kier molecular flexibility index (Phi) is 6.46. The summed E-state index contributed by atoms with van der Waals surface area (Å²) in [6, 6.07) is 29.5. The first-order chi connectivity index (χ1) is 15.6. The molecule has 0 saturated heterocycles. The van der Waals surface area contributed by atoms with E-state index in [1.807, 2.05) is 79.7 Å². The van der Waals surface area contributed by atoms with Gasteiger partial charge in [-0.3, -0.25) is 4.79 Å². The molecule has 0 atom stereocenters. The first-order valence-corrected chi connectivity index (χ1v) is 10.4. The van der Waals surface area contributed by atoms with E-state index in [1.54, 1.807) is 18.3 Å². The van der Waals surface area contributed by atoms with Crippen LogP contribution < -0.4 is 15.1 Å². The molecular formula is C27H25N3O2. The molecule has 0 spiro atoms. The monoisotopic (exact) mass is 423 g/mol. The van der Waals surface area contributed by atoms with Crippen LogP contribution in [0.4, 0.5) is 5.69 Å². The summed E-state index contributed by atoms with van der Waals surface area (Å²) in [4.78, 5) is 14.4. The molecule has 1 N–H and O–H groups in total. The van der Waals surface area contributed by atoms with Crippen LogP contribution >= 0.6 is 0 Å². The Morgan fingerprint density at radius 1 is 0.906 bits per heavy atom.